The van der Waals surface area contributed by atoms with Crippen LogP contribution in [0.15, 0.2) is 18.2 Å². The average Bonchev–Trinajstić information content (AvgIpc) is 2.01. The highest BCUT2D eigenvalue weighted by molar-refractivity contribution is 8.13. The third-order valence-electron chi connectivity index (χ3n) is 1.88. The fourth-order valence-electron chi connectivity index (χ4n) is 1.26. The van der Waals surface area contributed by atoms with Crippen molar-refractivity contribution in [1.82, 2.24) is 0 Å². The average molecular weight is 237 g/mol. The number of benzene rings is 1. The predicted molar refractivity (Wildman–Crippen MR) is 54.3 cm³/mol. The molecule has 1 aromatic rings. The highest BCUT2D eigenvalue weighted by atomic mass is 35.7. The van der Waals surface area contributed by atoms with Gasteiger partial charge in [0.25, 0.3) is 0 Å². The van der Waals surface area contributed by atoms with Gasteiger partial charge >= 0.3 is 0 Å². The van der Waals surface area contributed by atoms with Crippen LogP contribution in [0, 0.1) is 5.82 Å². The summed E-state index contributed by atoms with van der Waals surface area (Å²) >= 11 is 0. The van der Waals surface area contributed by atoms with E-state index in [1.165, 1.54) is 12.1 Å². The number of rotatable bonds is 3. The first-order chi connectivity index (χ1) is 6.42. The molecule has 2 nitrogen and oxygen atoms in total. The first-order valence-electron chi connectivity index (χ1n) is 4.12. The van der Waals surface area contributed by atoms with Gasteiger partial charge in [-0.2, -0.15) is 0 Å². The second-order valence-electron chi connectivity index (χ2n) is 2.95. The van der Waals surface area contributed by atoms with Gasteiger partial charge in [-0.3, -0.25) is 0 Å². The molecule has 0 saturated carbocycles. The molecule has 0 N–H and O–H groups in total. The second kappa shape index (κ2) is 4.28. The van der Waals surface area contributed by atoms with Crippen molar-refractivity contribution in [2.24, 2.45) is 0 Å². The van der Waals surface area contributed by atoms with E-state index in [0.717, 1.165) is 5.56 Å². The first-order valence-corrected chi connectivity index (χ1v) is 6.60. The van der Waals surface area contributed by atoms with Crippen LogP contribution in [0.1, 0.15) is 18.1 Å². The highest BCUT2D eigenvalue weighted by Gasteiger charge is 2.11. The smallest absolute Gasteiger partial charge is 0.212 e. The van der Waals surface area contributed by atoms with Gasteiger partial charge in [-0.1, -0.05) is 13.0 Å². The minimum atomic E-state index is -3.62. The Labute approximate surface area is 87.1 Å². The molecule has 0 saturated heterocycles. The molecule has 14 heavy (non-hydrogen) atoms. The molecule has 1 aromatic carbocycles. The zero-order valence-corrected chi connectivity index (χ0v) is 9.20. The van der Waals surface area contributed by atoms with Gasteiger partial charge < -0.3 is 0 Å². The molecule has 0 spiro atoms. The Bertz CT molecular complexity index is 428. The normalized spacial score (nSPS) is 11.6. The maximum absolute atomic E-state index is 12.8. The quantitative estimate of drug-likeness (QED) is 0.756. The van der Waals surface area contributed by atoms with Crippen LogP contribution in [0.5, 0.6) is 0 Å². The van der Waals surface area contributed by atoms with E-state index in [1.54, 1.807) is 6.07 Å². The van der Waals surface area contributed by atoms with Crippen molar-refractivity contribution >= 4 is 19.7 Å². The molecular formula is C9H10ClFO2S. The van der Waals surface area contributed by atoms with Crippen molar-refractivity contribution in [1.29, 1.82) is 0 Å². The van der Waals surface area contributed by atoms with Gasteiger partial charge in [0.1, 0.15) is 5.82 Å². The first kappa shape index (κ1) is 11.5. The predicted octanol–water partition coefficient (Wildman–Crippen LogP) is 2.46. The van der Waals surface area contributed by atoms with E-state index in [9.17, 15) is 12.8 Å². The Morgan fingerprint density at radius 3 is 2.50 bits per heavy atom. The van der Waals surface area contributed by atoms with E-state index < -0.39 is 14.9 Å². The number of hydrogen-bond acceptors (Lipinski definition) is 2. The van der Waals surface area contributed by atoms with E-state index in [2.05, 4.69) is 0 Å². The molecule has 78 valence electrons. The third kappa shape index (κ3) is 3.27. The fourth-order valence-corrected chi connectivity index (χ4v) is 2.25. The molecule has 0 unspecified atom stereocenters. The van der Waals surface area contributed by atoms with Crippen LogP contribution in [0.25, 0.3) is 0 Å². The zero-order chi connectivity index (χ0) is 10.8. The number of aryl methyl sites for hydroxylation is 1. The van der Waals surface area contributed by atoms with Gasteiger partial charge in [-0.15, -0.1) is 0 Å². The molecule has 0 radical (unpaired) electrons. The monoisotopic (exact) mass is 236 g/mol. The number of hydrogen-bond donors (Lipinski definition) is 0. The van der Waals surface area contributed by atoms with Gasteiger partial charge in [0.15, 0.2) is 0 Å². The van der Waals surface area contributed by atoms with Gasteiger partial charge in [-0.25, -0.2) is 12.8 Å². The molecule has 0 heterocycles. The van der Waals surface area contributed by atoms with Gasteiger partial charge in [0.05, 0.1) is 5.75 Å². The van der Waals surface area contributed by atoms with E-state index in [4.69, 9.17) is 10.7 Å². The molecule has 0 aliphatic heterocycles. The van der Waals surface area contributed by atoms with Crippen LogP contribution in [0.3, 0.4) is 0 Å². The molecule has 5 heteroatoms. The molecule has 0 fully saturated rings. The minimum Gasteiger partial charge on any atom is -0.212 e. The van der Waals surface area contributed by atoms with Crippen molar-refractivity contribution < 1.29 is 12.8 Å². The lowest BCUT2D eigenvalue weighted by Gasteiger charge is -2.05. The summed E-state index contributed by atoms with van der Waals surface area (Å²) in [6.45, 7) is 1.87. The van der Waals surface area contributed by atoms with Crippen molar-refractivity contribution in [2.75, 3.05) is 0 Å². The minimum absolute atomic E-state index is 0.324. The van der Waals surface area contributed by atoms with E-state index in [0.29, 0.717) is 12.0 Å². The summed E-state index contributed by atoms with van der Waals surface area (Å²) in [6.07, 6.45) is 0.655. The highest BCUT2D eigenvalue weighted by Crippen LogP contribution is 2.16. The lowest BCUT2D eigenvalue weighted by molar-refractivity contribution is 0.607. The molecule has 0 amide bonds. The molecule has 0 aromatic heterocycles. The summed E-state index contributed by atoms with van der Waals surface area (Å²) in [5.74, 6) is -0.771. The Hall–Kier alpha value is -0.610. The van der Waals surface area contributed by atoms with Crippen LogP contribution >= 0.6 is 10.7 Å². The summed E-state index contributed by atoms with van der Waals surface area (Å²) in [7, 11) is 1.48. The molecule has 0 atom stereocenters. The third-order valence-corrected chi connectivity index (χ3v) is 2.86. The van der Waals surface area contributed by atoms with Crippen LogP contribution in [-0.4, -0.2) is 8.42 Å². The summed E-state index contributed by atoms with van der Waals surface area (Å²) in [5, 5.41) is 0. The van der Waals surface area contributed by atoms with Gasteiger partial charge in [0.2, 0.25) is 9.05 Å². The van der Waals surface area contributed by atoms with Crippen molar-refractivity contribution in [3.63, 3.8) is 0 Å². The fraction of sp³-hybridized carbons (Fsp3) is 0.333. The molecule has 0 aliphatic carbocycles. The van der Waals surface area contributed by atoms with E-state index in [1.807, 2.05) is 6.92 Å². The Morgan fingerprint density at radius 1 is 1.36 bits per heavy atom. The summed E-state index contributed by atoms with van der Waals surface area (Å²) in [4.78, 5) is 0. The molecule has 1 rings (SSSR count). The topological polar surface area (TPSA) is 34.1 Å². The van der Waals surface area contributed by atoms with Gasteiger partial charge in [-0.05, 0) is 29.7 Å². The Balaban J connectivity index is 3.11. The van der Waals surface area contributed by atoms with Gasteiger partial charge in [0, 0.05) is 10.7 Å². The molecular weight excluding hydrogens is 227 g/mol. The van der Waals surface area contributed by atoms with Crippen LogP contribution in [-0.2, 0) is 21.2 Å². The Morgan fingerprint density at radius 2 is 2.00 bits per heavy atom. The zero-order valence-electron chi connectivity index (χ0n) is 7.63. The van der Waals surface area contributed by atoms with E-state index >= 15 is 0 Å². The van der Waals surface area contributed by atoms with E-state index in [-0.39, 0.29) is 5.75 Å². The second-order valence-corrected chi connectivity index (χ2v) is 5.73. The van der Waals surface area contributed by atoms with Crippen LogP contribution < -0.4 is 0 Å². The Kier molecular flexibility index (Phi) is 3.50. The standard InChI is InChI=1S/C9H10ClFO2S/c1-2-7-3-4-9(11)5-8(7)6-14(10,12)13/h3-5H,2,6H2,1H3. The largest absolute Gasteiger partial charge is 0.236 e. The van der Waals surface area contributed by atoms with Crippen molar-refractivity contribution in [3.8, 4) is 0 Å². The lowest BCUT2D eigenvalue weighted by atomic mass is 10.1. The van der Waals surface area contributed by atoms with Crippen molar-refractivity contribution in [2.45, 2.75) is 19.1 Å². The summed E-state index contributed by atoms with van der Waals surface area (Å²) in [5.41, 5.74) is 1.23. The van der Waals surface area contributed by atoms with Crippen LogP contribution in [0.2, 0.25) is 0 Å². The molecule has 0 bridgehead atoms. The maximum Gasteiger partial charge on any atom is 0.236 e. The maximum atomic E-state index is 12.8. The summed E-state index contributed by atoms with van der Waals surface area (Å²) < 4.78 is 34.5. The number of halogens is 2. The molecule has 0 aliphatic rings. The SMILES string of the molecule is CCc1ccc(F)cc1CS(=O)(=O)Cl. The summed E-state index contributed by atoms with van der Waals surface area (Å²) in [6, 6.07) is 4.09. The lowest BCUT2D eigenvalue weighted by Crippen LogP contribution is -2.00. The van der Waals surface area contributed by atoms with Crippen molar-refractivity contribution in [3.05, 3.63) is 35.1 Å². The van der Waals surface area contributed by atoms with Crippen LogP contribution in [0.4, 0.5) is 4.39 Å².